The van der Waals surface area contributed by atoms with Gasteiger partial charge in [-0.15, -0.1) is 11.3 Å². The summed E-state index contributed by atoms with van der Waals surface area (Å²) in [4.78, 5) is 12.7. The van der Waals surface area contributed by atoms with Crippen molar-refractivity contribution in [2.24, 2.45) is 5.73 Å². The molecule has 0 unspecified atom stereocenters. The number of H-pyrrole nitrogens is 1. The summed E-state index contributed by atoms with van der Waals surface area (Å²) in [6, 6.07) is 12.6. The highest BCUT2D eigenvalue weighted by Crippen LogP contribution is 2.34. The lowest BCUT2D eigenvalue weighted by atomic mass is 10.1. The van der Waals surface area contributed by atoms with Crippen molar-refractivity contribution in [3.8, 4) is 17.1 Å². The quantitative estimate of drug-likeness (QED) is 0.464. The number of fused-ring (bicyclic) bond motifs is 2. The number of aromatic amines is 1. The van der Waals surface area contributed by atoms with Crippen LogP contribution in [0.2, 0.25) is 0 Å². The number of rotatable bonds is 5. The second-order valence-corrected chi connectivity index (χ2v) is 7.76. The molecule has 3 aromatic heterocycles. The molecule has 0 amide bonds. The van der Waals surface area contributed by atoms with Crippen LogP contribution in [0.15, 0.2) is 58.8 Å². The lowest BCUT2D eigenvalue weighted by Crippen LogP contribution is -2.15. The smallest absolute Gasteiger partial charge is 0.345 e. The van der Waals surface area contributed by atoms with E-state index in [2.05, 4.69) is 10.2 Å². The van der Waals surface area contributed by atoms with Crippen LogP contribution in [0.5, 0.6) is 0 Å². The van der Waals surface area contributed by atoms with Crippen LogP contribution in [0, 0.1) is 5.82 Å². The molecule has 29 heavy (non-hydrogen) atoms. The maximum atomic E-state index is 14.1. The number of nitrogens with two attached hydrogens (primary N) is 1. The molecule has 0 spiro atoms. The van der Waals surface area contributed by atoms with E-state index in [-0.39, 0.29) is 11.5 Å². The number of aryl methyl sites for hydroxylation is 1. The first-order chi connectivity index (χ1) is 14.2. The fourth-order valence-electron chi connectivity index (χ4n) is 3.73. The Kier molecular flexibility index (Phi) is 4.30. The molecule has 0 fully saturated rings. The minimum Gasteiger partial charge on any atom is -0.345 e. The average Bonchev–Trinajstić information content (AvgIpc) is 3.41. The van der Waals surface area contributed by atoms with Crippen LogP contribution in [0.25, 0.3) is 38.1 Å². The van der Waals surface area contributed by atoms with Gasteiger partial charge in [0.2, 0.25) is 0 Å². The van der Waals surface area contributed by atoms with Crippen molar-refractivity contribution in [3.05, 3.63) is 70.3 Å². The van der Waals surface area contributed by atoms with E-state index >= 15 is 0 Å². The normalized spacial score (nSPS) is 11.7. The van der Waals surface area contributed by atoms with Crippen molar-refractivity contribution in [1.82, 2.24) is 19.3 Å². The lowest BCUT2D eigenvalue weighted by molar-refractivity contribution is 0.629. The Labute approximate surface area is 169 Å². The van der Waals surface area contributed by atoms with Crippen LogP contribution < -0.4 is 11.4 Å². The molecular weight excluding hydrogens is 389 g/mol. The molecule has 0 saturated heterocycles. The summed E-state index contributed by atoms with van der Waals surface area (Å²) in [6.45, 7) is 1.23. The van der Waals surface area contributed by atoms with Gasteiger partial charge in [0.1, 0.15) is 5.82 Å². The lowest BCUT2D eigenvalue weighted by Gasteiger charge is -2.04. The standard InChI is InChI=1S/C21H18FN5OS/c22-13-6-7-17-15(10-13)18(11-26(17)9-3-8-23)27-20(24-25-21(27)28)16-12-29-19-5-2-1-4-14(16)19/h1-2,4-7,10-12H,3,8-9,23H2,(H,25,28). The first kappa shape index (κ1) is 17.8. The number of thiophene rings is 1. The topological polar surface area (TPSA) is 81.6 Å². The summed E-state index contributed by atoms with van der Waals surface area (Å²) in [7, 11) is 0. The van der Waals surface area contributed by atoms with Crippen molar-refractivity contribution in [3.63, 3.8) is 0 Å². The zero-order chi connectivity index (χ0) is 20.0. The van der Waals surface area contributed by atoms with Crippen LogP contribution in [0.1, 0.15) is 6.42 Å². The van der Waals surface area contributed by atoms with Crippen LogP contribution in [0.3, 0.4) is 0 Å². The van der Waals surface area contributed by atoms with Gasteiger partial charge >= 0.3 is 5.69 Å². The third-order valence-corrected chi connectivity index (χ3v) is 6.02. The molecule has 146 valence electrons. The predicted octanol–water partition coefficient (Wildman–Crippen LogP) is 3.88. The Morgan fingerprint density at radius 2 is 2.03 bits per heavy atom. The molecule has 0 aliphatic heterocycles. The Hall–Kier alpha value is -3.23. The molecule has 2 aromatic carbocycles. The molecular formula is C21H18FN5OS. The van der Waals surface area contributed by atoms with Crippen molar-refractivity contribution < 1.29 is 4.39 Å². The maximum Gasteiger partial charge on any atom is 0.348 e. The Bertz CT molecular complexity index is 1390. The van der Waals surface area contributed by atoms with Crippen molar-refractivity contribution in [2.75, 3.05) is 6.54 Å². The first-order valence-electron chi connectivity index (χ1n) is 9.30. The molecule has 0 aliphatic carbocycles. The van der Waals surface area contributed by atoms with Crippen molar-refractivity contribution in [2.45, 2.75) is 13.0 Å². The third-order valence-electron chi connectivity index (χ3n) is 5.06. The second kappa shape index (κ2) is 6.98. The van der Waals surface area contributed by atoms with E-state index < -0.39 is 0 Å². The van der Waals surface area contributed by atoms with E-state index in [1.165, 1.54) is 16.7 Å². The summed E-state index contributed by atoms with van der Waals surface area (Å²) in [5.74, 6) is 0.156. The zero-order valence-corrected chi connectivity index (χ0v) is 16.2. The minimum absolute atomic E-state index is 0.352. The summed E-state index contributed by atoms with van der Waals surface area (Å²) in [5.41, 5.74) is 7.62. The van der Waals surface area contributed by atoms with E-state index in [0.29, 0.717) is 30.0 Å². The number of hydrogen-bond donors (Lipinski definition) is 2. The molecule has 5 aromatic rings. The molecule has 0 saturated carbocycles. The zero-order valence-electron chi connectivity index (χ0n) is 15.4. The maximum absolute atomic E-state index is 14.1. The van der Waals surface area contributed by atoms with Gasteiger partial charge in [-0.3, -0.25) is 0 Å². The number of aromatic nitrogens is 4. The van der Waals surface area contributed by atoms with Gasteiger partial charge in [-0.05, 0) is 37.2 Å². The molecule has 0 atom stereocenters. The van der Waals surface area contributed by atoms with Gasteiger partial charge < -0.3 is 10.3 Å². The molecule has 3 N–H and O–H groups in total. The first-order valence-corrected chi connectivity index (χ1v) is 10.2. The largest absolute Gasteiger partial charge is 0.348 e. The van der Waals surface area contributed by atoms with Gasteiger partial charge in [-0.25, -0.2) is 18.9 Å². The van der Waals surface area contributed by atoms with Crippen molar-refractivity contribution >= 4 is 32.3 Å². The van der Waals surface area contributed by atoms with Crippen LogP contribution in [-0.4, -0.2) is 25.9 Å². The van der Waals surface area contributed by atoms with Gasteiger partial charge in [0.25, 0.3) is 0 Å². The third kappa shape index (κ3) is 2.88. The van der Waals surface area contributed by atoms with E-state index in [4.69, 9.17) is 5.73 Å². The number of halogens is 1. The SMILES string of the molecule is NCCCn1cc(-n2c(-c3csc4ccccc34)n[nH]c2=O)c2cc(F)ccc21. The Morgan fingerprint density at radius 1 is 1.17 bits per heavy atom. The average molecular weight is 407 g/mol. The molecule has 3 heterocycles. The van der Waals surface area contributed by atoms with Crippen LogP contribution in [-0.2, 0) is 6.54 Å². The minimum atomic E-state index is -0.364. The van der Waals surface area contributed by atoms with Gasteiger partial charge in [0.05, 0.1) is 11.2 Å². The fraction of sp³-hybridized carbons (Fsp3) is 0.143. The second-order valence-electron chi connectivity index (χ2n) is 6.84. The molecule has 8 heteroatoms. The highest BCUT2D eigenvalue weighted by atomic mass is 32.1. The highest BCUT2D eigenvalue weighted by Gasteiger charge is 2.20. The Morgan fingerprint density at radius 3 is 2.90 bits per heavy atom. The highest BCUT2D eigenvalue weighted by molar-refractivity contribution is 7.17. The van der Waals surface area contributed by atoms with Gasteiger partial charge in [0.15, 0.2) is 5.82 Å². The summed E-state index contributed by atoms with van der Waals surface area (Å²) < 4.78 is 18.7. The predicted molar refractivity (Wildman–Crippen MR) is 114 cm³/mol. The molecule has 6 nitrogen and oxygen atoms in total. The van der Waals surface area contributed by atoms with Crippen molar-refractivity contribution in [1.29, 1.82) is 0 Å². The number of benzene rings is 2. The Balaban J connectivity index is 1.77. The number of nitrogens with one attached hydrogen (secondary N) is 1. The molecule has 5 rings (SSSR count). The van der Waals surface area contributed by atoms with E-state index in [1.807, 2.05) is 40.4 Å². The number of hydrogen-bond acceptors (Lipinski definition) is 4. The van der Waals surface area contributed by atoms with Crippen LogP contribution in [0.4, 0.5) is 4.39 Å². The summed E-state index contributed by atoms with van der Waals surface area (Å²) in [5, 5.41) is 10.5. The van der Waals surface area contributed by atoms with E-state index in [9.17, 15) is 9.18 Å². The fourth-order valence-corrected chi connectivity index (χ4v) is 4.67. The molecule has 0 radical (unpaired) electrons. The summed E-state index contributed by atoms with van der Waals surface area (Å²) >= 11 is 1.60. The van der Waals surface area contributed by atoms with Gasteiger partial charge in [-0.1, -0.05) is 18.2 Å². The van der Waals surface area contributed by atoms with E-state index in [0.717, 1.165) is 27.6 Å². The van der Waals surface area contributed by atoms with Gasteiger partial charge in [0, 0.05) is 39.2 Å². The summed E-state index contributed by atoms with van der Waals surface area (Å²) in [6.07, 6.45) is 2.65. The number of nitrogens with zero attached hydrogens (tertiary/aromatic N) is 3. The molecule has 0 aliphatic rings. The monoisotopic (exact) mass is 407 g/mol. The van der Waals surface area contributed by atoms with Crippen LogP contribution >= 0.6 is 11.3 Å². The van der Waals surface area contributed by atoms with Gasteiger partial charge in [-0.2, -0.15) is 5.10 Å². The molecule has 0 bridgehead atoms. The van der Waals surface area contributed by atoms with E-state index in [1.54, 1.807) is 17.4 Å².